The standard InChI is InChI=1S/C28H32N2O5S/c1-27(2)18-13-14-28(27,3)26(34)30(24(18)32)19(15-16-9-6-5-7-10-16)22(31)29-23-21(25(33)35-4)17-11-8-12-20(17)36-23/h5-7,9-10,18-19H,8,11-15H2,1-4H3,(H,29,31). The number of aryl methyl sites for hydroxylation is 1. The minimum atomic E-state index is -1.02. The first-order valence-corrected chi connectivity index (χ1v) is 13.4. The Morgan fingerprint density at radius 1 is 1.17 bits per heavy atom. The van der Waals surface area contributed by atoms with Crippen molar-refractivity contribution in [1.29, 1.82) is 0 Å². The van der Waals surface area contributed by atoms with Crippen LogP contribution in [0, 0.1) is 16.7 Å². The zero-order valence-corrected chi connectivity index (χ0v) is 22.0. The number of nitrogens with one attached hydrogen (secondary N) is 1. The van der Waals surface area contributed by atoms with Crippen molar-refractivity contribution in [2.45, 2.75) is 65.3 Å². The average molecular weight is 509 g/mol. The summed E-state index contributed by atoms with van der Waals surface area (Å²) in [6.45, 7) is 5.89. The van der Waals surface area contributed by atoms with Gasteiger partial charge in [-0.25, -0.2) is 4.79 Å². The topological polar surface area (TPSA) is 92.8 Å². The third-order valence-electron chi connectivity index (χ3n) is 8.89. The van der Waals surface area contributed by atoms with Crippen LogP contribution in [0.4, 0.5) is 5.00 Å². The van der Waals surface area contributed by atoms with Gasteiger partial charge in [0.1, 0.15) is 11.0 Å². The van der Waals surface area contributed by atoms with Crippen LogP contribution in [0.1, 0.15) is 66.4 Å². The van der Waals surface area contributed by atoms with E-state index in [4.69, 9.17) is 4.74 Å². The highest BCUT2D eigenvalue weighted by molar-refractivity contribution is 7.17. The van der Waals surface area contributed by atoms with Crippen molar-refractivity contribution in [3.63, 3.8) is 0 Å². The number of carbonyl (C=O) groups excluding carboxylic acids is 4. The number of imide groups is 1. The van der Waals surface area contributed by atoms with E-state index in [1.54, 1.807) is 0 Å². The highest BCUT2D eigenvalue weighted by Crippen LogP contribution is 2.60. The lowest BCUT2D eigenvalue weighted by Gasteiger charge is -2.49. The molecule has 2 fully saturated rings. The zero-order chi connectivity index (χ0) is 25.8. The third kappa shape index (κ3) is 3.60. The summed E-state index contributed by atoms with van der Waals surface area (Å²) in [5.41, 5.74) is 0.980. The second-order valence-electron chi connectivity index (χ2n) is 10.9. The number of methoxy groups -OCH3 is 1. The molecule has 1 saturated carbocycles. The largest absolute Gasteiger partial charge is 0.465 e. The van der Waals surface area contributed by atoms with E-state index in [2.05, 4.69) is 5.32 Å². The van der Waals surface area contributed by atoms with Gasteiger partial charge >= 0.3 is 5.97 Å². The predicted octanol–water partition coefficient (Wildman–Crippen LogP) is 4.38. The van der Waals surface area contributed by atoms with E-state index >= 15 is 0 Å². The van der Waals surface area contributed by atoms with Crippen molar-refractivity contribution in [3.05, 3.63) is 51.9 Å². The Kier molecular flexibility index (Phi) is 6.06. The van der Waals surface area contributed by atoms with Crippen molar-refractivity contribution >= 4 is 40.0 Å². The molecule has 0 spiro atoms. The van der Waals surface area contributed by atoms with Gasteiger partial charge in [0, 0.05) is 17.2 Å². The number of benzene rings is 1. The molecule has 3 atom stereocenters. The smallest absolute Gasteiger partial charge is 0.341 e. The molecule has 5 rings (SSSR count). The summed E-state index contributed by atoms with van der Waals surface area (Å²) in [6, 6.07) is 8.38. The summed E-state index contributed by atoms with van der Waals surface area (Å²) < 4.78 is 5.02. The number of ether oxygens (including phenoxy) is 1. The van der Waals surface area contributed by atoms with Crippen molar-refractivity contribution in [1.82, 2.24) is 4.90 Å². The second kappa shape index (κ2) is 8.83. The molecule has 3 amide bonds. The van der Waals surface area contributed by atoms with E-state index < -0.39 is 28.7 Å². The number of hydrogen-bond acceptors (Lipinski definition) is 6. The van der Waals surface area contributed by atoms with Crippen LogP contribution in [0.15, 0.2) is 30.3 Å². The molecule has 3 unspecified atom stereocenters. The minimum absolute atomic E-state index is 0.200. The molecule has 2 aliphatic carbocycles. The average Bonchev–Trinajstić information content (AvgIpc) is 3.48. The van der Waals surface area contributed by atoms with Gasteiger partial charge in [-0.05, 0) is 48.6 Å². The maximum atomic E-state index is 13.9. The Morgan fingerprint density at radius 3 is 2.58 bits per heavy atom. The van der Waals surface area contributed by atoms with Crippen LogP contribution in [0.5, 0.6) is 0 Å². The Bertz CT molecular complexity index is 1250. The fraction of sp³-hybridized carbons (Fsp3) is 0.500. The van der Waals surface area contributed by atoms with E-state index in [-0.39, 0.29) is 24.2 Å². The van der Waals surface area contributed by atoms with Crippen LogP contribution in [-0.4, -0.2) is 41.7 Å². The third-order valence-corrected chi connectivity index (χ3v) is 10.1. The summed E-state index contributed by atoms with van der Waals surface area (Å²) in [5, 5.41) is 3.36. The summed E-state index contributed by atoms with van der Waals surface area (Å²) >= 11 is 1.38. The molecular formula is C28H32N2O5S. The first kappa shape index (κ1) is 24.7. The summed E-state index contributed by atoms with van der Waals surface area (Å²) in [7, 11) is 1.33. The number of amides is 3. The summed E-state index contributed by atoms with van der Waals surface area (Å²) in [5.74, 6) is -1.83. The van der Waals surface area contributed by atoms with Gasteiger partial charge in [-0.1, -0.05) is 51.1 Å². The number of hydrogen-bond donors (Lipinski definition) is 1. The van der Waals surface area contributed by atoms with Crippen LogP contribution >= 0.6 is 11.3 Å². The normalized spacial score (nSPS) is 25.0. The first-order valence-electron chi connectivity index (χ1n) is 12.5. The van der Waals surface area contributed by atoms with Crippen LogP contribution < -0.4 is 5.32 Å². The molecule has 1 aromatic carbocycles. The van der Waals surface area contributed by atoms with E-state index in [9.17, 15) is 19.2 Å². The Labute approximate surface area is 215 Å². The first-order chi connectivity index (χ1) is 17.1. The Morgan fingerprint density at radius 2 is 1.89 bits per heavy atom. The zero-order valence-electron chi connectivity index (χ0n) is 21.2. The summed E-state index contributed by atoms with van der Waals surface area (Å²) in [4.78, 5) is 56.5. The van der Waals surface area contributed by atoms with Crippen molar-refractivity contribution < 1.29 is 23.9 Å². The number of rotatable bonds is 6. The van der Waals surface area contributed by atoms with E-state index in [1.165, 1.54) is 23.3 Å². The highest BCUT2D eigenvalue weighted by Gasteiger charge is 2.65. The predicted molar refractivity (Wildman–Crippen MR) is 137 cm³/mol. The maximum Gasteiger partial charge on any atom is 0.341 e. The van der Waals surface area contributed by atoms with Gasteiger partial charge in [-0.15, -0.1) is 11.3 Å². The lowest BCUT2D eigenvalue weighted by Crippen LogP contribution is -2.64. The van der Waals surface area contributed by atoms with Gasteiger partial charge in [0.2, 0.25) is 17.7 Å². The Balaban J connectivity index is 1.53. The van der Waals surface area contributed by atoms with Crippen molar-refractivity contribution in [3.8, 4) is 0 Å². The molecule has 36 heavy (non-hydrogen) atoms. The molecule has 8 heteroatoms. The van der Waals surface area contributed by atoms with Crippen LogP contribution in [0.3, 0.4) is 0 Å². The molecule has 2 bridgehead atoms. The van der Waals surface area contributed by atoms with Crippen LogP contribution in [-0.2, 0) is 38.4 Å². The number of piperidine rings is 1. The van der Waals surface area contributed by atoms with Crippen LogP contribution in [0.25, 0.3) is 0 Å². The Hall–Kier alpha value is -3.00. The van der Waals surface area contributed by atoms with E-state index in [0.29, 0.717) is 23.4 Å². The van der Waals surface area contributed by atoms with Gasteiger partial charge < -0.3 is 10.1 Å². The molecule has 1 N–H and O–H groups in total. The lowest BCUT2D eigenvalue weighted by atomic mass is 9.62. The van der Waals surface area contributed by atoms with Gasteiger partial charge in [-0.2, -0.15) is 0 Å². The molecule has 2 heterocycles. The lowest BCUT2D eigenvalue weighted by molar-refractivity contribution is -0.172. The SMILES string of the molecule is COC(=O)c1c(NC(=O)C(Cc2ccccc2)N2C(=O)C3CCC(C)(C2=O)C3(C)C)sc2c1CCC2. The van der Waals surface area contributed by atoms with E-state index in [0.717, 1.165) is 35.3 Å². The van der Waals surface area contributed by atoms with E-state index in [1.807, 2.05) is 51.1 Å². The molecule has 2 aromatic rings. The number of fused-ring (bicyclic) bond motifs is 3. The van der Waals surface area contributed by atoms with Crippen LogP contribution in [0.2, 0.25) is 0 Å². The van der Waals surface area contributed by atoms with Gasteiger partial charge in [0.25, 0.3) is 0 Å². The number of anilines is 1. The molecule has 0 radical (unpaired) electrons. The quantitative estimate of drug-likeness (QED) is 0.462. The number of likely N-dealkylation sites (tertiary alicyclic amines) is 1. The monoisotopic (exact) mass is 508 g/mol. The molecule has 190 valence electrons. The fourth-order valence-electron chi connectivity index (χ4n) is 6.29. The number of thiophene rings is 1. The molecule has 1 aromatic heterocycles. The number of carbonyl (C=O) groups is 4. The number of esters is 1. The number of nitrogens with zero attached hydrogens (tertiary/aromatic N) is 1. The second-order valence-corrected chi connectivity index (χ2v) is 12.0. The van der Waals surface area contributed by atoms with Crippen molar-refractivity contribution in [2.75, 3.05) is 12.4 Å². The highest BCUT2D eigenvalue weighted by atomic mass is 32.1. The van der Waals surface area contributed by atoms with Gasteiger partial charge in [0.15, 0.2) is 0 Å². The molecule has 3 aliphatic rings. The van der Waals surface area contributed by atoms with Crippen molar-refractivity contribution in [2.24, 2.45) is 16.7 Å². The minimum Gasteiger partial charge on any atom is -0.465 e. The molecule has 1 aliphatic heterocycles. The maximum absolute atomic E-state index is 13.9. The summed E-state index contributed by atoms with van der Waals surface area (Å²) in [6.07, 6.45) is 4.03. The van der Waals surface area contributed by atoms with Gasteiger partial charge in [-0.3, -0.25) is 19.3 Å². The molecule has 7 nitrogen and oxygen atoms in total. The fourth-order valence-corrected chi connectivity index (χ4v) is 7.57. The van der Waals surface area contributed by atoms with Gasteiger partial charge in [0.05, 0.1) is 18.1 Å². The molecule has 1 saturated heterocycles. The molecular weight excluding hydrogens is 476 g/mol.